The van der Waals surface area contributed by atoms with Gasteiger partial charge in [-0.15, -0.1) is 0 Å². The van der Waals surface area contributed by atoms with Crippen LogP contribution in [0, 0.1) is 12.8 Å². The highest BCUT2D eigenvalue weighted by Crippen LogP contribution is 2.55. The molecular weight excluding hydrogens is 606 g/mol. The summed E-state index contributed by atoms with van der Waals surface area (Å²) in [5.74, 6) is -4.93. The van der Waals surface area contributed by atoms with Crippen LogP contribution in [0.2, 0.25) is 18.1 Å². The summed E-state index contributed by atoms with van der Waals surface area (Å²) in [5, 5.41) is 10.7. The molecule has 2 aromatic carbocycles. The van der Waals surface area contributed by atoms with Crippen LogP contribution in [-0.4, -0.2) is 75.0 Å². The third kappa shape index (κ3) is 4.75. The van der Waals surface area contributed by atoms with E-state index in [1.807, 2.05) is 20.0 Å². The van der Waals surface area contributed by atoms with Crippen molar-refractivity contribution >= 4 is 30.2 Å². The summed E-state index contributed by atoms with van der Waals surface area (Å²) < 4.78 is 60.6. The zero-order chi connectivity index (χ0) is 32.1. The van der Waals surface area contributed by atoms with Gasteiger partial charge in [-0.25, -0.2) is 12.7 Å². The van der Waals surface area contributed by atoms with Gasteiger partial charge in [0, 0.05) is 11.5 Å². The summed E-state index contributed by atoms with van der Waals surface area (Å²) in [6.07, 6.45) is -3.00. The van der Waals surface area contributed by atoms with Crippen molar-refractivity contribution in [1.82, 2.24) is 4.31 Å². The van der Waals surface area contributed by atoms with Crippen molar-refractivity contribution in [1.29, 1.82) is 0 Å². The minimum atomic E-state index is -4.50. The molecule has 0 aromatic heterocycles. The van der Waals surface area contributed by atoms with E-state index in [9.17, 15) is 23.1 Å². The molecule has 6 atom stereocenters. The molecule has 1 saturated heterocycles. The summed E-state index contributed by atoms with van der Waals surface area (Å²) >= 11 is 0. The standard InChI is InChI=1S/C31H39NO10SSi/c1-16-9-11-17(12-10-16)43(36,37)32-24-22(18-13-20-21(39-15-38-20)14-19(18)28(32)33)23(29(34)35)25(42-44(7,8)30(2,3)4)27-26(24)40-31(5,6)41-27/h9-14,22-27H,15H2,1-8H3,(H,34,35)/t22-,23+,24+,25-,26-,27+/m0/s1. The Hall–Kier alpha value is -2.97. The smallest absolute Gasteiger partial charge is 0.309 e. The number of rotatable bonds is 5. The number of fused-ring (bicyclic) bond motifs is 6. The fourth-order valence-electron chi connectivity index (χ4n) is 6.54. The molecule has 1 aliphatic carbocycles. The van der Waals surface area contributed by atoms with Gasteiger partial charge in [0.2, 0.25) is 6.79 Å². The van der Waals surface area contributed by atoms with Crippen LogP contribution in [0.1, 0.15) is 62.0 Å². The van der Waals surface area contributed by atoms with Crippen LogP contribution < -0.4 is 9.47 Å². The van der Waals surface area contributed by atoms with Gasteiger partial charge in [-0.1, -0.05) is 38.5 Å². The lowest BCUT2D eigenvalue weighted by Crippen LogP contribution is -2.68. The molecule has 6 rings (SSSR count). The maximum atomic E-state index is 14.5. The molecule has 0 radical (unpaired) electrons. The number of carbonyl (C=O) groups excluding carboxylic acids is 1. The summed E-state index contributed by atoms with van der Waals surface area (Å²) in [7, 11) is -7.12. The SMILES string of the molecule is Cc1ccc(S(=O)(=O)N2C(=O)c3cc4c(cc3[C@H]3[C@@H](C(=O)O)[C@H](O[Si](C)(C)C(C)(C)C)[C@H]5OC(C)(C)O[C@H]5[C@@H]32)OCO4)cc1. The first-order chi connectivity index (χ1) is 20.3. The summed E-state index contributed by atoms with van der Waals surface area (Å²) in [6.45, 7) is 15.3. The lowest BCUT2D eigenvalue weighted by atomic mass is 9.65. The Labute approximate surface area is 258 Å². The Morgan fingerprint density at radius 3 is 2.23 bits per heavy atom. The van der Waals surface area contributed by atoms with Crippen LogP contribution >= 0.6 is 0 Å². The zero-order valence-electron chi connectivity index (χ0n) is 26.1. The average molecular weight is 646 g/mol. The minimum absolute atomic E-state index is 0.0279. The van der Waals surface area contributed by atoms with Crippen molar-refractivity contribution in [2.24, 2.45) is 5.92 Å². The number of nitrogens with zero attached hydrogens (tertiary/aromatic N) is 1. The topological polar surface area (TPSA) is 138 Å². The van der Waals surface area contributed by atoms with Gasteiger partial charge in [0.15, 0.2) is 25.6 Å². The number of carboxylic acid groups (broad SMARTS) is 1. The Morgan fingerprint density at radius 1 is 1.05 bits per heavy atom. The Kier molecular flexibility index (Phi) is 7.06. The molecule has 13 heteroatoms. The van der Waals surface area contributed by atoms with Crippen molar-refractivity contribution in [3.63, 3.8) is 0 Å². The molecule has 2 aromatic rings. The largest absolute Gasteiger partial charge is 0.481 e. The molecule has 4 aliphatic rings. The second-order valence-corrected chi connectivity index (χ2v) is 20.6. The van der Waals surface area contributed by atoms with Gasteiger partial charge >= 0.3 is 5.97 Å². The van der Waals surface area contributed by atoms with E-state index in [1.54, 1.807) is 32.0 Å². The molecule has 1 amide bonds. The van der Waals surface area contributed by atoms with Crippen molar-refractivity contribution in [2.75, 3.05) is 6.79 Å². The Balaban J connectivity index is 1.62. The monoisotopic (exact) mass is 645 g/mol. The Bertz CT molecular complexity index is 1630. The second kappa shape index (κ2) is 10.0. The van der Waals surface area contributed by atoms with Gasteiger partial charge in [0.1, 0.15) is 12.2 Å². The highest BCUT2D eigenvalue weighted by atomic mass is 32.2. The normalized spacial score (nSPS) is 29.2. The molecule has 3 heterocycles. The molecule has 0 spiro atoms. The third-order valence-electron chi connectivity index (χ3n) is 9.64. The molecule has 1 N–H and O–H groups in total. The third-order valence-corrected chi connectivity index (χ3v) is 15.9. The van der Waals surface area contributed by atoms with E-state index in [1.165, 1.54) is 18.2 Å². The fraction of sp³-hybridized carbons (Fsp3) is 0.548. The number of sulfonamides is 1. The van der Waals surface area contributed by atoms with Gasteiger partial charge in [-0.2, -0.15) is 0 Å². The predicted molar refractivity (Wildman–Crippen MR) is 161 cm³/mol. The highest BCUT2D eigenvalue weighted by molar-refractivity contribution is 7.89. The number of hydrogen-bond donors (Lipinski definition) is 1. The number of ether oxygens (including phenoxy) is 4. The van der Waals surface area contributed by atoms with Gasteiger partial charge in [-0.3, -0.25) is 9.59 Å². The van der Waals surface area contributed by atoms with Crippen molar-refractivity contribution in [2.45, 2.75) is 101 Å². The highest BCUT2D eigenvalue weighted by Gasteiger charge is 2.67. The number of aryl methyl sites for hydroxylation is 1. The number of carbonyl (C=O) groups is 2. The summed E-state index contributed by atoms with van der Waals surface area (Å²) in [6, 6.07) is 7.97. The maximum Gasteiger partial charge on any atom is 0.309 e. The quantitative estimate of drug-likeness (QED) is 0.458. The fourth-order valence-corrected chi connectivity index (χ4v) is 9.45. The molecule has 238 valence electrons. The number of benzene rings is 2. The molecule has 0 unspecified atom stereocenters. The molecule has 3 aliphatic heterocycles. The first-order valence-electron chi connectivity index (χ1n) is 14.7. The van der Waals surface area contributed by atoms with Crippen LogP contribution in [0.3, 0.4) is 0 Å². The zero-order valence-corrected chi connectivity index (χ0v) is 27.9. The Morgan fingerprint density at radius 2 is 1.64 bits per heavy atom. The van der Waals surface area contributed by atoms with Crippen LogP contribution in [0.4, 0.5) is 0 Å². The van der Waals surface area contributed by atoms with Crippen LogP contribution in [-0.2, 0) is 28.7 Å². The molecular formula is C31H39NO10SSi. The number of amides is 1. The van der Waals surface area contributed by atoms with Crippen LogP contribution in [0.15, 0.2) is 41.3 Å². The maximum absolute atomic E-state index is 14.5. The average Bonchev–Trinajstić information content (AvgIpc) is 3.50. The first kappa shape index (κ1) is 31.0. The molecule has 0 bridgehead atoms. The van der Waals surface area contributed by atoms with Crippen LogP contribution in [0.25, 0.3) is 0 Å². The number of hydrogen-bond acceptors (Lipinski definition) is 9. The van der Waals surface area contributed by atoms with E-state index in [2.05, 4.69) is 20.8 Å². The van der Waals surface area contributed by atoms with E-state index < -0.39 is 72.2 Å². The summed E-state index contributed by atoms with van der Waals surface area (Å²) in [5.41, 5.74) is 1.22. The minimum Gasteiger partial charge on any atom is -0.481 e. The van der Waals surface area contributed by atoms with Crippen molar-refractivity contribution < 1.29 is 46.5 Å². The first-order valence-corrected chi connectivity index (χ1v) is 19.0. The van der Waals surface area contributed by atoms with Gasteiger partial charge in [-0.05, 0) is 68.7 Å². The van der Waals surface area contributed by atoms with E-state index in [0.29, 0.717) is 11.3 Å². The van der Waals surface area contributed by atoms with Gasteiger partial charge in [0.05, 0.1) is 23.0 Å². The van der Waals surface area contributed by atoms with Gasteiger partial charge in [0.25, 0.3) is 15.9 Å². The second-order valence-electron chi connectivity index (χ2n) is 14.0. The molecule has 1 saturated carbocycles. The lowest BCUT2D eigenvalue weighted by molar-refractivity contribution is -0.164. The van der Waals surface area contributed by atoms with Crippen molar-refractivity contribution in [3.8, 4) is 11.5 Å². The summed E-state index contributed by atoms with van der Waals surface area (Å²) in [4.78, 5) is 27.7. The van der Waals surface area contributed by atoms with E-state index in [-0.39, 0.29) is 28.0 Å². The van der Waals surface area contributed by atoms with E-state index in [4.69, 9.17) is 23.4 Å². The van der Waals surface area contributed by atoms with Gasteiger partial charge < -0.3 is 28.5 Å². The van der Waals surface area contributed by atoms with E-state index in [0.717, 1.165) is 9.87 Å². The van der Waals surface area contributed by atoms with Crippen LogP contribution in [0.5, 0.6) is 11.5 Å². The molecule has 11 nitrogen and oxygen atoms in total. The van der Waals surface area contributed by atoms with E-state index >= 15 is 0 Å². The molecule has 2 fully saturated rings. The lowest BCUT2D eigenvalue weighted by Gasteiger charge is -2.53. The predicted octanol–water partition coefficient (Wildman–Crippen LogP) is 4.65. The van der Waals surface area contributed by atoms with Crippen molar-refractivity contribution in [3.05, 3.63) is 53.1 Å². The molecule has 44 heavy (non-hydrogen) atoms. The number of carboxylic acids is 1. The number of aliphatic carboxylic acids is 1.